The highest BCUT2D eigenvalue weighted by atomic mass is 32.2. The molecule has 0 rings (SSSR count). The van der Waals surface area contributed by atoms with Crippen molar-refractivity contribution in [2.24, 2.45) is 11.5 Å². The minimum Gasteiger partial charge on any atom is -0.480 e. The van der Waals surface area contributed by atoms with E-state index in [-0.39, 0.29) is 11.2 Å². The summed E-state index contributed by atoms with van der Waals surface area (Å²) in [6.45, 7) is 1.98. The Morgan fingerprint density at radius 3 is 2.06 bits per heavy atom. The molecule has 5 nitrogen and oxygen atoms in total. The summed E-state index contributed by atoms with van der Waals surface area (Å²) in [7, 11) is 0. The van der Waals surface area contributed by atoms with Crippen LogP contribution in [0.15, 0.2) is 0 Å². The standard InChI is InChI=1S/C5H11NO2S.C5H11NOS/c1-9-3-2-4(6)5(7)8;1-2-3-4(6)5(7)8/h4H,2-3,6H2,1H3,(H,7,8);4H,2-3,6H2,1H3,(H,7,8)/t2*4-/m00/s1. The van der Waals surface area contributed by atoms with E-state index in [9.17, 15) is 9.59 Å². The largest absolute Gasteiger partial charge is 0.480 e. The zero-order valence-electron chi connectivity index (χ0n) is 10.3. The average Bonchev–Trinajstić information content (AvgIpc) is 2.26. The van der Waals surface area contributed by atoms with Crippen LogP contribution in [0.2, 0.25) is 0 Å². The molecule has 0 saturated carbocycles. The fraction of sp³-hybridized carbons (Fsp3) is 0.800. The van der Waals surface area contributed by atoms with Crippen LogP contribution in [0.5, 0.6) is 0 Å². The lowest BCUT2D eigenvalue weighted by Crippen LogP contribution is -2.30. The number of rotatable bonds is 7. The van der Waals surface area contributed by atoms with Gasteiger partial charge in [0.1, 0.15) is 6.04 Å². The van der Waals surface area contributed by atoms with Gasteiger partial charge in [-0.05, 0) is 24.9 Å². The number of hydrogen-bond donors (Lipinski definition) is 4. The molecule has 0 aliphatic carbocycles. The Hall–Kier alpha value is -0.240. The molecule has 0 aliphatic heterocycles. The van der Waals surface area contributed by atoms with Gasteiger partial charge in [-0.1, -0.05) is 13.3 Å². The highest BCUT2D eigenvalue weighted by Gasteiger charge is 2.09. The number of carbonyl (C=O) groups excluding carboxylic acids is 1. The second-order valence-corrected chi connectivity index (χ2v) is 4.89. The first kappa shape index (κ1) is 19.1. The fourth-order valence-corrected chi connectivity index (χ4v) is 1.42. The molecule has 2 atom stereocenters. The van der Waals surface area contributed by atoms with E-state index in [0.717, 1.165) is 18.6 Å². The SMILES string of the molecule is CCC[C@H](N)C(=O)S.CSCC[C@H](N)C(=O)O. The topological polar surface area (TPSA) is 106 Å². The molecule has 17 heavy (non-hydrogen) atoms. The summed E-state index contributed by atoms with van der Waals surface area (Å²) in [5, 5.41) is 8.06. The number of hydrogen-bond acceptors (Lipinski definition) is 5. The van der Waals surface area contributed by atoms with Crippen LogP contribution in [0.3, 0.4) is 0 Å². The number of carbonyl (C=O) groups is 2. The van der Waals surface area contributed by atoms with E-state index in [1.165, 1.54) is 0 Å². The van der Waals surface area contributed by atoms with Gasteiger partial charge in [-0.3, -0.25) is 9.59 Å². The summed E-state index contributed by atoms with van der Waals surface area (Å²) in [5.41, 5.74) is 10.5. The van der Waals surface area contributed by atoms with Crippen molar-refractivity contribution in [1.82, 2.24) is 0 Å². The van der Waals surface area contributed by atoms with Crippen LogP contribution in [0, 0.1) is 0 Å². The maximum atomic E-state index is 10.3. The smallest absolute Gasteiger partial charge is 0.320 e. The highest BCUT2D eigenvalue weighted by Crippen LogP contribution is 1.97. The zero-order chi connectivity index (χ0) is 13.8. The van der Waals surface area contributed by atoms with Gasteiger partial charge in [-0.25, -0.2) is 0 Å². The Bertz CT molecular complexity index is 228. The van der Waals surface area contributed by atoms with Crippen molar-refractivity contribution in [1.29, 1.82) is 0 Å². The Labute approximate surface area is 112 Å². The monoisotopic (exact) mass is 282 g/mol. The second-order valence-electron chi connectivity index (χ2n) is 3.46. The third-order valence-electron chi connectivity index (χ3n) is 1.87. The van der Waals surface area contributed by atoms with Crippen LogP contribution < -0.4 is 11.5 Å². The number of carboxylic acid groups (broad SMARTS) is 1. The van der Waals surface area contributed by atoms with Gasteiger partial charge < -0.3 is 16.6 Å². The lowest BCUT2D eigenvalue weighted by molar-refractivity contribution is -0.138. The number of carboxylic acids is 1. The van der Waals surface area contributed by atoms with Gasteiger partial charge in [0.25, 0.3) is 0 Å². The second kappa shape index (κ2) is 12.2. The third kappa shape index (κ3) is 13.7. The Morgan fingerprint density at radius 2 is 1.82 bits per heavy atom. The fourth-order valence-electron chi connectivity index (χ4n) is 0.803. The number of thioether (sulfide) groups is 1. The predicted octanol–water partition coefficient (Wildman–Crippen LogP) is 0.722. The van der Waals surface area contributed by atoms with Crippen LogP contribution in [-0.4, -0.2) is 40.3 Å². The molecule has 0 heterocycles. The minimum atomic E-state index is -0.913. The van der Waals surface area contributed by atoms with Gasteiger partial charge >= 0.3 is 5.97 Å². The summed E-state index contributed by atoms with van der Waals surface area (Å²) in [6.07, 6.45) is 4.15. The molecule has 0 aromatic rings. The first-order valence-corrected chi connectivity index (χ1v) is 7.16. The van der Waals surface area contributed by atoms with Crippen molar-refractivity contribution >= 4 is 35.5 Å². The Balaban J connectivity index is 0. The molecule has 0 radical (unpaired) electrons. The van der Waals surface area contributed by atoms with Crippen molar-refractivity contribution < 1.29 is 14.7 Å². The molecule has 0 bridgehead atoms. The molecule has 0 aromatic heterocycles. The molecular formula is C10H22N2O3S2. The van der Waals surface area contributed by atoms with Gasteiger partial charge in [0.2, 0.25) is 5.12 Å². The first-order valence-electron chi connectivity index (χ1n) is 5.32. The number of thiol groups is 1. The lowest BCUT2D eigenvalue weighted by Gasteiger charge is -2.02. The molecule has 0 amide bonds. The zero-order valence-corrected chi connectivity index (χ0v) is 12.0. The molecule has 0 aromatic carbocycles. The van der Waals surface area contributed by atoms with Crippen LogP contribution in [-0.2, 0) is 9.59 Å². The van der Waals surface area contributed by atoms with Crippen LogP contribution in [0.4, 0.5) is 0 Å². The molecule has 0 spiro atoms. The highest BCUT2D eigenvalue weighted by molar-refractivity contribution is 7.98. The van der Waals surface area contributed by atoms with Gasteiger partial charge in [0.15, 0.2) is 0 Å². The van der Waals surface area contributed by atoms with Crippen LogP contribution >= 0.6 is 24.4 Å². The summed E-state index contributed by atoms with van der Waals surface area (Å²) in [5.74, 6) is -0.1000. The van der Waals surface area contributed by atoms with Crippen molar-refractivity contribution in [2.75, 3.05) is 12.0 Å². The maximum absolute atomic E-state index is 10.3. The van der Waals surface area contributed by atoms with Gasteiger partial charge in [0, 0.05) is 0 Å². The van der Waals surface area contributed by atoms with E-state index in [2.05, 4.69) is 12.6 Å². The van der Waals surface area contributed by atoms with Crippen molar-refractivity contribution in [2.45, 2.75) is 38.3 Å². The van der Waals surface area contributed by atoms with E-state index in [1.807, 2.05) is 13.2 Å². The van der Waals surface area contributed by atoms with E-state index in [0.29, 0.717) is 6.42 Å². The number of nitrogens with two attached hydrogens (primary N) is 2. The Morgan fingerprint density at radius 1 is 1.29 bits per heavy atom. The molecule has 0 aliphatic rings. The van der Waals surface area contributed by atoms with E-state index in [1.54, 1.807) is 11.8 Å². The van der Waals surface area contributed by atoms with E-state index >= 15 is 0 Å². The predicted molar refractivity (Wildman–Crippen MR) is 75.5 cm³/mol. The molecule has 0 saturated heterocycles. The van der Waals surface area contributed by atoms with Crippen molar-refractivity contribution in [3.63, 3.8) is 0 Å². The maximum Gasteiger partial charge on any atom is 0.320 e. The molecule has 0 fully saturated rings. The summed E-state index contributed by atoms with van der Waals surface area (Å²) < 4.78 is 0. The normalized spacial score (nSPS) is 13.2. The number of aliphatic carboxylic acids is 1. The lowest BCUT2D eigenvalue weighted by atomic mass is 10.2. The Kier molecular flexibility index (Phi) is 13.7. The van der Waals surface area contributed by atoms with Gasteiger partial charge in [-0.2, -0.15) is 11.8 Å². The molecule has 102 valence electrons. The molecular weight excluding hydrogens is 260 g/mol. The van der Waals surface area contributed by atoms with Gasteiger partial charge in [-0.15, -0.1) is 12.6 Å². The van der Waals surface area contributed by atoms with Crippen LogP contribution in [0.1, 0.15) is 26.2 Å². The van der Waals surface area contributed by atoms with Crippen LogP contribution in [0.25, 0.3) is 0 Å². The third-order valence-corrected chi connectivity index (χ3v) is 2.84. The quantitative estimate of drug-likeness (QED) is 0.513. The minimum absolute atomic E-state index is 0.216. The summed E-state index contributed by atoms with van der Waals surface area (Å²) in [6, 6.07) is -1.04. The van der Waals surface area contributed by atoms with E-state index < -0.39 is 12.0 Å². The average molecular weight is 282 g/mol. The van der Waals surface area contributed by atoms with Crippen molar-refractivity contribution in [3.8, 4) is 0 Å². The van der Waals surface area contributed by atoms with E-state index in [4.69, 9.17) is 16.6 Å². The molecule has 5 N–H and O–H groups in total. The summed E-state index contributed by atoms with van der Waals surface area (Å²) in [4.78, 5) is 20.3. The summed E-state index contributed by atoms with van der Waals surface area (Å²) >= 11 is 5.17. The molecule has 7 heteroatoms. The first-order chi connectivity index (χ1) is 7.86. The van der Waals surface area contributed by atoms with Gasteiger partial charge in [0.05, 0.1) is 6.04 Å². The van der Waals surface area contributed by atoms with Crippen molar-refractivity contribution in [3.05, 3.63) is 0 Å². The molecule has 0 unspecified atom stereocenters.